The molecule has 1 nitrogen and oxygen atoms in total. The zero-order valence-corrected chi connectivity index (χ0v) is 7.96. The van der Waals surface area contributed by atoms with Crippen LogP contribution in [0.1, 0.15) is 0 Å². The van der Waals surface area contributed by atoms with Crippen molar-refractivity contribution in [3.63, 3.8) is 0 Å². The van der Waals surface area contributed by atoms with Gasteiger partial charge >= 0.3 is 51.4 Å². The van der Waals surface area contributed by atoms with Gasteiger partial charge in [0.25, 0.3) is 0 Å². The summed E-state index contributed by atoms with van der Waals surface area (Å²) in [6, 6.07) is 8.71. The van der Waals surface area contributed by atoms with Gasteiger partial charge in [-0.2, -0.15) is 0 Å². The van der Waals surface area contributed by atoms with Gasteiger partial charge in [-0.1, -0.05) is 18.2 Å². The van der Waals surface area contributed by atoms with Gasteiger partial charge in [-0.05, 0) is 12.1 Å². The van der Waals surface area contributed by atoms with E-state index in [4.69, 9.17) is 5.11 Å². The first-order chi connectivity index (χ1) is 3.39. The van der Waals surface area contributed by atoms with Gasteiger partial charge in [-0.3, -0.25) is 0 Å². The second-order valence-corrected chi connectivity index (χ2v) is 1.34. The minimum atomic E-state index is 0. The average molecular weight is 133 g/mol. The SMILES string of the molecule is Oc1ccccc1.[K+]. The van der Waals surface area contributed by atoms with Gasteiger partial charge in [0.15, 0.2) is 0 Å². The molecule has 36 valence electrons. The molecule has 1 rings (SSSR count). The molecule has 0 saturated carbocycles. The minimum Gasteiger partial charge on any atom is -0.508 e. The maximum Gasteiger partial charge on any atom is 1.00 e. The molecule has 0 aliphatic rings. The van der Waals surface area contributed by atoms with Crippen molar-refractivity contribution in [1.29, 1.82) is 0 Å². The Hall–Kier alpha value is 0.656. The summed E-state index contributed by atoms with van der Waals surface area (Å²) < 4.78 is 0. The molecular weight excluding hydrogens is 127 g/mol. The maximum absolute atomic E-state index is 8.63. The van der Waals surface area contributed by atoms with Crippen LogP contribution in [0, 0.1) is 0 Å². The molecule has 8 heavy (non-hydrogen) atoms. The Balaban J connectivity index is 0.000000490. The molecule has 1 aromatic carbocycles. The topological polar surface area (TPSA) is 20.2 Å². The Morgan fingerprint density at radius 3 is 1.75 bits per heavy atom. The first-order valence-electron chi connectivity index (χ1n) is 2.13. The van der Waals surface area contributed by atoms with Gasteiger partial charge in [0.05, 0.1) is 0 Å². The van der Waals surface area contributed by atoms with E-state index in [1.807, 2.05) is 6.07 Å². The van der Waals surface area contributed by atoms with Crippen molar-refractivity contribution in [2.45, 2.75) is 0 Å². The fraction of sp³-hybridized carbons (Fsp3) is 0. The van der Waals surface area contributed by atoms with Gasteiger partial charge in [-0.15, -0.1) is 0 Å². The molecular formula is C6H6KO+. The standard InChI is InChI=1S/C6H6O.K/c7-6-4-2-1-3-5-6;/h1-5,7H;/q;+1. The molecule has 0 radical (unpaired) electrons. The van der Waals surface area contributed by atoms with Crippen LogP contribution in [-0.2, 0) is 0 Å². The van der Waals surface area contributed by atoms with Crippen LogP contribution in [0.5, 0.6) is 5.75 Å². The van der Waals surface area contributed by atoms with Crippen LogP contribution in [0.3, 0.4) is 0 Å². The molecule has 2 heteroatoms. The van der Waals surface area contributed by atoms with E-state index in [2.05, 4.69) is 0 Å². The molecule has 0 unspecified atom stereocenters. The molecule has 0 aliphatic heterocycles. The second kappa shape index (κ2) is 4.53. The predicted octanol–water partition coefficient (Wildman–Crippen LogP) is -1.60. The zero-order chi connectivity index (χ0) is 5.11. The summed E-state index contributed by atoms with van der Waals surface area (Å²) >= 11 is 0. The van der Waals surface area contributed by atoms with Crippen molar-refractivity contribution in [2.75, 3.05) is 0 Å². The summed E-state index contributed by atoms with van der Waals surface area (Å²) in [5.74, 6) is 0.322. The third-order valence-electron chi connectivity index (χ3n) is 0.756. The number of hydrogen-bond donors (Lipinski definition) is 1. The van der Waals surface area contributed by atoms with Crippen LogP contribution < -0.4 is 51.4 Å². The van der Waals surface area contributed by atoms with Crippen LogP contribution in [0.2, 0.25) is 0 Å². The number of rotatable bonds is 0. The van der Waals surface area contributed by atoms with Crippen molar-refractivity contribution in [3.8, 4) is 5.75 Å². The van der Waals surface area contributed by atoms with E-state index in [0.29, 0.717) is 5.75 Å². The second-order valence-electron chi connectivity index (χ2n) is 1.34. The average Bonchev–Trinajstić information content (AvgIpc) is 1.69. The van der Waals surface area contributed by atoms with Crippen LogP contribution in [0.4, 0.5) is 0 Å². The van der Waals surface area contributed by atoms with Crippen molar-refractivity contribution in [2.24, 2.45) is 0 Å². The molecule has 0 amide bonds. The third kappa shape index (κ3) is 2.84. The van der Waals surface area contributed by atoms with Gasteiger partial charge in [0.1, 0.15) is 5.75 Å². The Bertz CT molecular complexity index is 138. The minimum absolute atomic E-state index is 0. The Labute approximate surface area is 91.1 Å². The maximum atomic E-state index is 8.63. The van der Waals surface area contributed by atoms with E-state index in [1.54, 1.807) is 24.3 Å². The van der Waals surface area contributed by atoms with Gasteiger partial charge in [0, 0.05) is 0 Å². The Morgan fingerprint density at radius 1 is 1.00 bits per heavy atom. The zero-order valence-electron chi connectivity index (χ0n) is 4.83. The summed E-state index contributed by atoms with van der Waals surface area (Å²) in [6.07, 6.45) is 0. The summed E-state index contributed by atoms with van der Waals surface area (Å²) in [4.78, 5) is 0. The molecule has 0 saturated heterocycles. The monoisotopic (exact) mass is 133 g/mol. The predicted molar refractivity (Wildman–Crippen MR) is 28.1 cm³/mol. The number of aromatic hydroxyl groups is 1. The summed E-state index contributed by atoms with van der Waals surface area (Å²) in [7, 11) is 0. The Morgan fingerprint density at radius 2 is 1.50 bits per heavy atom. The number of hydrogen-bond acceptors (Lipinski definition) is 1. The summed E-state index contributed by atoms with van der Waals surface area (Å²) in [6.45, 7) is 0. The molecule has 1 aromatic rings. The van der Waals surface area contributed by atoms with E-state index in [9.17, 15) is 0 Å². The summed E-state index contributed by atoms with van der Waals surface area (Å²) in [5.41, 5.74) is 0. The molecule has 0 heterocycles. The van der Waals surface area contributed by atoms with Gasteiger partial charge < -0.3 is 5.11 Å². The fourth-order valence-electron chi connectivity index (χ4n) is 0.428. The van der Waals surface area contributed by atoms with E-state index >= 15 is 0 Å². The fourth-order valence-corrected chi connectivity index (χ4v) is 0.428. The van der Waals surface area contributed by atoms with Crippen LogP contribution in [0.15, 0.2) is 30.3 Å². The molecule has 0 spiro atoms. The van der Waals surface area contributed by atoms with E-state index in [0.717, 1.165) is 0 Å². The number of para-hydroxylation sites is 1. The van der Waals surface area contributed by atoms with Crippen molar-refractivity contribution in [1.82, 2.24) is 0 Å². The quantitative estimate of drug-likeness (QED) is 0.422. The van der Waals surface area contributed by atoms with Crippen LogP contribution >= 0.6 is 0 Å². The number of benzene rings is 1. The molecule has 0 atom stereocenters. The first kappa shape index (κ1) is 8.66. The largest absolute Gasteiger partial charge is 1.00 e. The van der Waals surface area contributed by atoms with Crippen molar-refractivity contribution in [3.05, 3.63) is 30.3 Å². The molecule has 0 fully saturated rings. The van der Waals surface area contributed by atoms with E-state index in [-0.39, 0.29) is 51.4 Å². The van der Waals surface area contributed by atoms with Crippen molar-refractivity contribution >= 4 is 0 Å². The van der Waals surface area contributed by atoms with E-state index in [1.165, 1.54) is 0 Å². The van der Waals surface area contributed by atoms with Crippen molar-refractivity contribution < 1.29 is 56.5 Å². The van der Waals surface area contributed by atoms with Gasteiger partial charge in [-0.25, -0.2) is 0 Å². The number of phenolic OH excluding ortho intramolecular Hbond substituents is 1. The smallest absolute Gasteiger partial charge is 0.508 e. The van der Waals surface area contributed by atoms with Gasteiger partial charge in [0.2, 0.25) is 0 Å². The number of phenols is 1. The molecule has 0 bridgehead atoms. The van der Waals surface area contributed by atoms with Crippen LogP contribution in [0.25, 0.3) is 0 Å². The third-order valence-corrected chi connectivity index (χ3v) is 0.756. The van der Waals surface area contributed by atoms with E-state index < -0.39 is 0 Å². The first-order valence-corrected chi connectivity index (χ1v) is 2.13. The molecule has 1 N–H and O–H groups in total. The molecule has 0 aromatic heterocycles. The van der Waals surface area contributed by atoms with Crippen LogP contribution in [-0.4, -0.2) is 5.11 Å². The summed E-state index contributed by atoms with van der Waals surface area (Å²) in [5, 5.41) is 8.63. The Kier molecular flexibility index (Phi) is 4.90. The molecule has 0 aliphatic carbocycles. The normalized spacial score (nSPS) is 7.50.